The lowest BCUT2D eigenvalue weighted by atomic mass is 10.00. The molecule has 2 saturated heterocycles. The van der Waals surface area contributed by atoms with E-state index in [1.165, 1.54) is 0 Å². The summed E-state index contributed by atoms with van der Waals surface area (Å²) in [4.78, 5) is 24.2. The molecule has 1 unspecified atom stereocenters. The average molecular weight is 309 g/mol. The number of hydrogen-bond acceptors (Lipinski definition) is 4. The zero-order chi connectivity index (χ0) is 15.8. The molecule has 0 saturated carbocycles. The van der Waals surface area contributed by atoms with E-state index in [9.17, 15) is 9.59 Å². The molecule has 0 aromatic carbocycles. The van der Waals surface area contributed by atoms with Crippen LogP contribution in [0.15, 0.2) is 11.1 Å². The Morgan fingerprint density at radius 3 is 2.91 bits per heavy atom. The van der Waals surface area contributed by atoms with Crippen molar-refractivity contribution >= 4 is 12.2 Å². The largest absolute Gasteiger partial charge is 0.353 e. The number of rotatable bonds is 9. The van der Waals surface area contributed by atoms with Crippen LogP contribution in [-0.2, 0) is 19.1 Å². The van der Waals surface area contributed by atoms with E-state index in [1.807, 2.05) is 11.8 Å². The fraction of sp³-hybridized carbons (Fsp3) is 0.765. The monoisotopic (exact) mass is 309 g/mol. The zero-order valence-electron chi connectivity index (χ0n) is 13.5. The first-order valence-corrected chi connectivity index (χ1v) is 8.37. The standard InChI is InChI=1S/C17H27NO4/c1-14(13-22-16-8-4-7-11-21-16)15-12-18(17(15)20)9-5-2-3-6-10-19/h10,16H,2-9,11-13H2,1H3/b15-14+. The highest BCUT2D eigenvalue weighted by atomic mass is 16.7. The number of likely N-dealkylation sites (tertiary alicyclic amines) is 1. The van der Waals surface area contributed by atoms with Crippen molar-refractivity contribution in [3.05, 3.63) is 11.1 Å². The Kier molecular flexibility index (Phi) is 7.06. The average Bonchev–Trinajstić information content (AvgIpc) is 2.55. The van der Waals surface area contributed by atoms with Gasteiger partial charge in [-0.2, -0.15) is 0 Å². The molecular formula is C17H27NO4. The van der Waals surface area contributed by atoms with E-state index >= 15 is 0 Å². The molecule has 0 spiro atoms. The van der Waals surface area contributed by atoms with Crippen LogP contribution in [0.3, 0.4) is 0 Å². The highest BCUT2D eigenvalue weighted by Gasteiger charge is 2.31. The fourth-order valence-electron chi connectivity index (χ4n) is 2.78. The number of β-lactam (4-membered cyclic amide) rings is 1. The van der Waals surface area contributed by atoms with Gasteiger partial charge in [-0.05, 0) is 44.6 Å². The lowest BCUT2D eigenvalue weighted by Crippen LogP contribution is -2.47. The van der Waals surface area contributed by atoms with Gasteiger partial charge in [0.1, 0.15) is 6.29 Å². The molecule has 0 aliphatic carbocycles. The van der Waals surface area contributed by atoms with E-state index in [1.54, 1.807) is 0 Å². The number of carbonyl (C=O) groups excluding carboxylic acids is 2. The summed E-state index contributed by atoms with van der Waals surface area (Å²) in [5.41, 5.74) is 1.92. The van der Waals surface area contributed by atoms with Crippen molar-refractivity contribution in [2.75, 3.05) is 26.3 Å². The van der Waals surface area contributed by atoms with E-state index in [-0.39, 0.29) is 12.2 Å². The van der Waals surface area contributed by atoms with E-state index in [2.05, 4.69) is 0 Å². The Morgan fingerprint density at radius 1 is 1.36 bits per heavy atom. The van der Waals surface area contributed by atoms with Crippen molar-refractivity contribution in [3.8, 4) is 0 Å². The summed E-state index contributed by atoms with van der Waals surface area (Å²) in [5, 5.41) is 0. The van der Waals surface area contributed by atoms with Crippen LogP contribution in [0.2, 0.25) is 0 Å². The number of hydrogen-bond donors (Lipinski definition) is 0. The van der Waals surface area contributed by atoms with E-state index in [4.69, 9.17) is 9.47 Å². The van der Waals surface area contributed by atoms with Crippen molar-refractivity contribution in [1.29, 1.82) is 0 Å². The van der Waals surface area contributed by atoms with Crippen LogP contribution in [0.4, 0.5) is 0 Å². The summed E-state index contributed by atoms with van der Waals surface area (Å²) >= 11 is 0. The van der Waals surface area contributed by atoms with Gasteiger partial charge in [-0.1, -0.05) is 6.42 Å². The van der Waals surface area contributed by atoms with Crippen molar-refractivity contribution in [2.45, 2.75) is 58.2 Å². The Bertz CT molecular complexity index is 413. The Labute approximate surface area is 132 Å². The van der Waals surface area contributed by atoms with Crippen molar-refractivity contribution in [3.63, 3.8) is 0 Å². The molecule has 0 bridgehead atoms. The van der Waals surface area contributed by atoms with Crippen LogP contribution in [0.25, 0.3) is 0 Å². The van der Waals surface area contributed by atoms with E-state index in [0.717, 1.165) is 75.7 Å². The normalized spacial score (nSPS) is 24.1. The van der Waals surface area contributed by atoms with Crippen LogP contribution in [0, 0.1) is 0 Å². The second-order valence-corrected chi connectivity index (χ2v) is 6.11. The minimum absolute atomic E-state index is 0.103. The quantitative estimate of drug-likeness (QED) is 0.284. The van der Waals surface area contributed by atoms with E-state index < -0.39 is 0 Å². The molecule has 0 aromatic heterocycles. The number of ether oxygens (including phenoxy) is 2. The van der Waals surface area contributed by atoms with Gasteiger partial charge < -0.3 is 19.2 Å². The smallest absolute Gasteiger partial charge is 0.251 e. The third-order valence-corrected chi connectivity index (χ3v) is 4.28. The summed E-state index contributed by atoms with van der Waals surface area (Å²) in [6.45, 7) is 4.75. The molecule has 5 nitrogen and oxygen atoms in total. The molecule has 124 valence electrons. The minimum Gasteiger partial charge on any atom is -0.353 e. The molecule has 0 radical (unpaired) electrons. The first-order chi connectivity index (χ1) is 10.7. The number of nitrogens with zero attached hydrogens (tertiary/aromatic N) is 1. The maximum atomic E-state index is 12.1. The van der Waals surface area contributed by atoms with Crippen LogP contribution < -0.4 is 0 Å². The van der Waals surface area contributed by atoms with Gasteiger partial charge in [0.05, 0.1) is 13.2 Å². The molecule has 2 aliphatic heterocycles. The molecule has 1 amide bonds. The third kappa shape index (κ3) is 4.92. The summed E-state index contributed by atoms with van der Waals surface area (Å²) in [7, 11) is 0. The maximum absolute atomic E-state index is 12.1. The lowest BCUT2D eigenvalue weighted by molar-refractivity contribution is -0.157. The molecule has 2 heterocycles. The van der Waals surface area contributed by atoms with Crippen LogP contribution in [0.5, 0.6) is 0 Å². The van der Waals surface area contributed by atoms with Gasteiger partial charge in [-0.15, -0.1) is 0 Å². The van der Waals surface area contributed by atoms with Gasteiger partial charge in [0, 0.05) is 25.1 Å². The topological polar surface area (TPSA) is 55.8 Å². The summed E-state index contributed by atoms with van der Waals surface area (Å²) < 4.78 is 11.3. The number of aldehydes is 1. The molecule has 0 aromatic rings. The van der Waals surface area contributed by atoms with Gasteiger partial charge in [0.2, 0.25) is 0 Å². The second kappa shape index (κ2) is 9.06. The highest BCUT2D eigenvalue weighted by Crippen LogP contribution is 2.22. The summed E-state index contributed by atoms with van der Waals surface area (Å²) in [5.74, 6) is 0.140. The second-order valence-electron chi connectivity index (χ2n) is 6.11. The Balaban J connectivity index is 1.65. The predicted octanol–water partition coefficient (Wildman–Crippen LogP) is 2.45. The van der Waals surface area contributed by atoms with Crippen LogP contribution >= 0.6 is 0 Å². The SMILES string of the molecule is C/C(COC1CCCCO1)=C1/CN(CCCCCC=O)C1=O. The van der Waals surface area contributed by atoms with Crippen LogP contribution in [0.1, 0.15) is 51.9 Å². The Hall–Kier alpha value is -1.20. The fourth-order valence-corrected chi connectivity index (χ4v) is 2.78. The minimum atomic E-state index is -0.103. The maximum Gasteiger partial charge on any atom is 0.251 e. The van der Waals surface area contributed by atoms with Crippen molar-refractivity contribution in [2.24, 2.45) is 0 Å². The van der Waals surface area contributed by atoms with Crippen molar-refractivity contribution in [1.82, 2.24) is 4.90 Å². The molecule has 2 rings (SSSR count). The molecule has 1 atom stereocenters. The number of unbranched alkanes of at least 4 members (excludes halogenated alkanes) is 3. The van der Waals surface area contributed by atoms with E-state index in [0.29, 0.717) is 13.0 Å². The van der Waals surface area contributed by atoms with Crippen LogP contribution in [-0.4, -0.2) is 49.7 Å². The summed E-state index contributed by atoms with van der Waals surface area (Å²) in [6.07, 6.45) is 7.58. The molecular weight excluding hydrogens is 282 g/mol. The number of carbonyl (C=O) groups is 2. The summed E-state index contributed by atoms with van der Waals surface area (Å²) in [6, 6.07) is 0. The van der Waals surface area contributed by atoms with Gasteiger partial charge in [-0.3, -0.25) is 4.79 Å². The molecule has 22 heavy (non-hydrogen) atoms. The first-order valence-electron chi connectivity index (χ1n) is 8.37. The molecule has 0 N–H and O–H groups in total. The Morgan fingerprint density at radius 2 is 2.23 bits per heavy atom. The van der Waals surface area contributed by atoms with Gasteiger partial charge in [0.15, 0.2) is 6.29 Å². The molecule has 2 aliphatic rings. The first kappa shape index (κ1) is 17.2. The molecule has 2 fully saturated rings. The third-order valence-electron chi connectivity index (χ3n) is 4.28. The van der Waals surface area contributed by atoms with Gasteiger partial charge in [0.25, 0.3) is 5.91 Å². The lowest BCUT2D eigenvalue weighted by Gasteiger charge is -2.35. The zero-order valence-corrected chi connectivity index (χ0v) is 13.5. The molecule has 5 heteroatoms. The number of amides is 1. The predicted molar refractivity (Wildman–Crippen MR) is 83.4 cm³/mol. The van der Waals surface area contributed by atoms with Gasteiger partial charge in [-0.25, -0.2) is 0 Å². The van der Waals surface area contributed by atoms with Gasteiger partial charge >= 0.3 is 0 Å². The highest BCUT2D eigenvalue weighted by molar-refractivity contribution is 6.00. The van der Waals surface area contributed by atoms with Crippen molar-refractivity contribution < 1.29 is 19.1 Å².